The summed E-state index contributed by atoms with van der Waals surface area (Å²) in [6.07, 6.45) is 17.7. The summed E-state index contributed by atoms with van der Waals surface area (Å²) >= 11 is 0. The molecule has 3 rings (SSSR count). The van der Waals surface area contributed by atoms with E-state index >= 15 is 0 Å². The number of hydrogen-bond donors (Lipinski definition) is 0. The van der Waals surface area contributed by atoms with Crippen LogP contribution in [0.15, 0.2) is 0 Å². The predicted molar refractivity (Wildman–Crippen MR) is 119 cm³/mol. The van der Waals surface area contributed by atoms with Crippen molar-refractivity contribution in [2.75, 3.05) is 0 Å². The van der Waals surface area contributed by atoms with E-state index in [4.69, 9.17) is 4.43 Å². The molecule has 26 heavy (non-hydrogen) atoms. The van der Waals surface area contributed by atoms with Gasteiger partial charge < -0.3 is 4.43 Å². The van der Waals surface area contributed by atoms with Crippen LogP contribution in [0.25, 0.3) is 0 Å². The average Bonchev–Trinajstić information content (AvgIpc) is 2.63. The Hall–Kier alpha value is 0.354. The van der Waals surface area contributed by atoms with E-state index in [1.54, 1.807) is 0 Å². The summed E-state index contributed by atoms with van der Waals surface area (Å²) in [5.41, 5.74) is 0. The predicted octanol–water partition coefficient (Wildman–Crippen LogP) is 6.51. The molecule has 0 bridgehead atoms. The van der Waals surface area contributed by atoms with Gasteiger partial charge in [0.25, 0.3) is 0 Å². The first-order valence-electron chi connectivity index (χ1n) is 11.8. The van der Waals surface area contributed by atoms with Gasteiger partial charge in [-0.15, -0.1) is 0 Å². The van der Waals surface area contributed by atoms with E-state index in [0.717, 1.165) is 12.1 Å². The summed E-state index contributed by atoms with van der Waals surface area (Å²) in [6.45, 7) is 12.7. The molecule has 0 aromatic heterocycles. The molecule has 152 valence electrons. The molecule has 0 N–H and O–H groups in total. The van der Waals surface area contributed by atoms with Crippen molar-refractivity contribution in [3.8, 4) is 0 Å². The Balaban J connectivity index is 1.80. The van der Waals surface area contributed by atoms with Crippen LogP contribution in [-0.4, -0.2) is 44.6 Å². The minimum absolute atomic E-state index is 0.519. The van der Waals surface area contributed by atoms with E-state index in [2.05, 4.69) is 38.0 Å². The maximum absolute atomic E-state index is 7.06. The summed E-state index contributed by atoms with van der Waals surface area (Å²) in [4.78, 5) is 3.06. The van der Waals surface area contributed by atoms with Gasteiger partial charge in [-0.05, 0) is 51.6 Å². The summed E-state index contributed by atoms with van der Waals surface area (Å²) in [5.74, 6) is 0. The van der Waals surface area contributed by atoms with Gasteiger partial charge in [-0.3, -0.25) is 4.90 Å². The van der Waals surface area contributed by atoms with E-state index < -0.39 is 15.4 Å². The van der Waals surface area contributed by atoms with Gasteiger partial charge in [-0.1, -0.05) is 64.6 Å². The Morgan fingerprint density at radius 3 is 1.73 bits per heavy atom. The largest absolute Gasteiger partial charge is 0.416 e. The molecule has 3 aliphatic rings. The normalized spacial score (nSPS) is 31.8. The molecule has 0 aromatic carbocycles. The number of rotatable bonds is 5. The van der Waals surface area contributed by atoms with Gasteiger partial charge in [0, 0.05) is 18.1 Å². The Kier molecular flexibility index (Phi) is 7.13. The minimum Gasteiger partial charge on any atom is -0.416 e. The molecule has 3 fully saturated rings. The van der Waals surface area contributed by atoms with Crippen molar-refractivity contribution >= 4 is 15.4 Å². The first kappa shape index (κ1) is 21.1. The topological polar surface area (TPSA) is 12.5 Å². The molecule has 4 heteroatoms. The van der Waals surface area contributed by atoms with Crippen LogP contribution >= 0.6 is 0 Å². The lowest BCUT2D eigenvalue weighted by Crippen LogP contribution is -2.65. The van der Waals surface area contributed by atoms with Crippen molar-refractivity contribution in [2.24, 2.45) is 0 Å². The molecule has 2 atom stereocenters. The molecule has 2 nitrogen and oxygen atoms in total. The molecule has 1 aliphatic heterocycles. The van der Waals surface area contributed by atoms with Crippen LogP contribution in [0.1, 0.15) is 84.0 Å². The Morgan fingerprint density at radius 2 is 1.31 bits per heavy atom. The third-order valence-electron chi connectivity index (χ3n) is 8.35. The second-order valence-electron chi connectivity index (χ2n) is 10.6. The molecule has 0 spiro atoms. The smallest absolute Gasteiger partial charge is 0.174 e. The molecule has 2 unspecified atom stereocenters. The highest BCUT2D eigenvalue weighted by Gasteiger charge is 2.50. The van der Waals surface area contributed by atoms with E-state index in [0.29, 0.717) is 12.1 Å². The molecule has 0 aromatic rings. The first-order valence-corrected chi connectivity index (χ1v) is 18.9. The summed E-state index contributed by atoms with van der Waals surface area (Å²) in [7, 11) is -2.63. The van der Waals surface area contributed by atoms with Crippen molar-refractivity contribution in [3.63, 3.8) is 0 Å². The molecular weight excluding hydrogens is 350 g/mol. The maximum atomic E-state index is 7.06. The number of hydrogen-bond acceptors (Lipinski definition) is 2. The fraction of sp³-hybridized carbons (Fsp3) is 1.00. The Labute approximate surface area is 165 Å². The van der Waals surface area contributed by atoms with Crippen molar-refractivity contribution in [3.05, 3.63) is 0 Å². The van der Waals surface area contributed by atoms with Crippen LogP contribution in [0, 0.1) is 0 Å². The second-order valence-corrected chi connectivity index (χ2v) is 25.8. The third kappa shape index (κ3) is 4.50. The lowest BCUT2D eigenvalue weighted by molar-refractivity contribution is -0.0216. The summed E-state index contributed by atoms with van der Waals surface area (Å²) < 4.78 is 7.06. The van der Waals surface area contributed by atoms with E-state index in [1.807, 2.05) is 0 Å². The maximum Gasteiger partial charge on any atom is 0.174 e. The molecular formula is C22H45NOSi2. The molecule has 1 heterocycles. The quantitative estimate of drug-likeness (QED) is 0.492. The fourth-order valence-electron chi connectivity index (χ4n) is 5.94. The monoisotopic (exact) mass is 395 g/mol. The van der Waals surface area contributed by atoms with Gasteiger partial charge in [0.1, 0.15) is 0 Å². The minimum atomic E-state index is -1.49. The van der Waals surface area contributed by atoms with Crippen molar-refractivity contribution in [1.82, 2.24) is 4.90 Å². The SMILES string of the molecule is CCC(C1CC[Si](C)(C)[Si](C)(C)O1)N(C1CCCCC1)C1CCCCC1. The van der Waals surface area contributed by atoms with Crippen molar-refractivity contribution in [2.45, 2.75) is 140 Å². The summed E-state index contributed by atoms with van der Waals surface area (Å²) in [6, 6.07) is 3.86. The van der Waals surface area contributed by atoms with Crippen LogP contribution in [0.5, 0.6) is 0 Å². The second kappa shape index (κ2) is 8.79. The fourth-order valence-corrected chi connectivity index (χ4v) is 12.5. The van der Waals surface area contributed by atoms with Crippen LogP contribution in [0.4, 0.5) is 0 Å². The summed E-state index contributed by atoms with van der Waals surface area (Å²) in [5, 5.41) is 0. The third-order valence-corrected chi connectivity index (χ3v) is 24.9. The van der Waals surface area contributed by atoms with Gasteiger partial charge in [0.15, 0.2) is 7.83 Å². The molecule has 0 radical (unpaired) electrons. The van der Waals surface area contributed by atoms with Crippen LogP contribution in [-0.2, 0) is 4.43 Å². The Morgan fingerprint density at radius 1 is 0.808 bits per heavy atom. The lowest BCUT2D eigenvalue weighted by atomic mass is 9.85. The van der Waals surface area contributed by atoms with Gasteiger partial charge in [-0.25, -0.2) is 0 Å². The zero-order valence-electron chi connectivity index (χ0n) is 18.4. The van der Waals surface area contributed by atoms with Crippen molar-refractivity contribution in [1.29, 1.82) is 0 Å². The van der Waals surface area contributed by atoms with E-state index in [-0.39, 0.29) is 0 Å². The van der Waals surface area contributed by atoms with Gasteiger partial charge in [0.2, 0.25) is 0 Å². The first-order chi connectivity index (χ1) is 12.4. The number of nitrogens with zero attached hydrogens (tertiary/aromatic N) is 1. The zero-order valence-corrected chi connectivity index (χ0v) is 20.4. The zero-order chi connectivity index (χ0) is 18.8. The van der Waals surface area contributed by atoms with Crippen molar-refractivity contribution < 1.29 is 4.43 Å². The average molecular weight is 396 g/mol. The highest BCUT2D eigenvalue weighted by molar-refractivity contribution is 7.38. The Bertz CT molecular complexity index is 423. The van der Waals surface area contributed by atoms with Gasteiger partial charge in [-0.2, -0.15) is 0 Å². The van der Waals surface area contributed by atoms with Gasteiger partial charge in [0.05, 0.1) is 13.7 Å². The van der Waals surface area contributed by atoms with Crippen LogP contribution < -0.4 is 0 Å². The lowest BCUT2D eigenvalue weighted by Gasteiger charge is -2.53. The van der Waals surface area contributed by atoms with E-state index in [1.165, 1.54) is 83.1 Å². The molecule has 0 amide bonds. The highest BCUT2D eigenvalue weighted by Crippen LogP contribution is 2.39. The molecule has 2 saturated carbocycles. The molecule has 1 saturated heterocycles. The van der Waals surface area contributed by atoms with Gasteiger partial charge >= 0.3 is 0 Å². The van der Waals surface area contributed by atoms with Crippen LogP contribution in [0.2, 0.25) is 32.2 Å². The highest BCUT2D eigenvalue weighted by atomic mass is 29.3. The molecule has 2 aliphatic carbocycles. The van der Waals surface area contributed by atoms with Crippen LogP contribution in [0.3, 0.4) is 0 Å². The van der Waals surface area contributed by atoms with E-state index in [9.17, 15) is 0 Å². The standard InChI is InChI=1S/C22H45NOSi2/c1-6-21(22-17-18-25(2,3)26(4,5)24-22)23(19-13-9-7-10-14-19)20-15-11-8-12-16-20/h19-22H,6-18H2,1-5H3.